The molecule has 0 fully saturated rings. The summed E-state index contributed by atoms with van der Waals surface area (Å²) >= 11 is 1.61. The molecule has 0 saturated carbocycles. The lowest BCUT2D eigenvalue weighted by atomic mass is 9.90. The number of fused-ring (bicyclic) bond motifs is 1. The summed E-state index contributed by atoms with van der Waals surface area (Å²) in [7, 11) is 0. The van der Waals surface area contributed by atoms with Gasteiger partial charge < -0.3 is 5.32 Å². The lowest BCUT2D eigenvalue weighted by molar-refractivity contribution is -0.120. The van der Waals surface area contributed by atoms with Gasteiger partial charge in [-0.3, -0.25) is 9.78 Å². The van der Waals surface area contributed by atoms with Gasteiger partial charge in [0, 0.05) is 28.8 Å². The average Bonchev–Trinajstić information content (AvgIpc) is 3.07. The maximum Gasteiger partial charge on any atom is 0.227 e. The van der Waals surface area contributed by atoms with Crippen molar-refractivity contribution in [2.24, 2.45) is 5.92 Å². The highest BCUT2D eigenvalue weighted by atomic mass is 32.1. The molecule has 0 bridgehead atoms. The molecule has 126 valence electrons. The molecule has 1 amide bonds. The molecule has 1 unspecified atom stereocenters. The van der Waals surface area contributed by atoms with E-state index in [1.807, 2.05) is 12.1 Å². The zero-order valence-corrected chi connectivity index (χ0v) is 14.2. The van der Waals surface area contributed by atoms with Crippen LogP contribution in [0.4, 0.5) is 10.1 Å². The largest absolute Gasteiger partial charge is 0.323 e. The van der Waals surface area contributed by atoms with E-state index in [2.05, 4.69) is 10.3 Å². The number of aryl methyl sites for hydroxylation is 1. The Kier molecular flexibility index (Phi) is 4.28. The van der Waals surface area contributed by atoms with Crippen molar-refractivity contribution in [3.63, 3.8) is 0 Å². The highest BCUT2D eigenvalue weighted by Crippen LogP contribution is 2.34. The molecule has 4 rings (SSSR count). The number of aromatic nitrogens is 2. The van der Waals surface area contributed by atoms with Crippen LogP contribution in [0.15, 0.2) is 48.8 Å². The molecule has 0 radical (unpaired) electrons. The molecule has 0 aliphatic heterocycles. The van der Waals surface area contributed by atoms with Gasteiger partial charge in [-0.2, -0.15) is 0 Å². The number of nitrogens with zero attached hydrogens (tertiary/aromatic N) is 2. The van der Waals surface area contributed by atoms with Gasteiger partial charge in [-0.25, -0.2) is 9.37 Å². The van der Waals surface area contributed by atoms with Gasteiger partial charge in [-0.05, 0) is 43.5 Å². The monoisotopic (exact) mass is 353 g/mol. The van der Waals surface area contributed by atoms with Gasteiger partial charge in [0.15, 0.2) is 0 Å². The van der Waals surface area contributed by atoms with Gasteiger partial charge in [0.05, 0.1) is 11.4 Å². The third-order valence-electron chi connectivity index (χ3n) is 4.35. The topological polar surface area (TPSA) is 54.9 Å². The molecule has 1 aliphatic rings. The zero-order chi connectivity index (χ0) is 17.2. The lowest BCUT2D eigenvalue weighted by Crippen LogP contribution is -2.28. The van der Waals surface area contributed by atoms with Crippen LogP contribution in [0.25, 0.3) is 10.6 Å². The molecule has 0 spiro atoms. The first kappa shape index (κ1) is 15.9. The third-order valence-corrected chi connectivity index (χ3v) is 5.52. The van der Waals surface area contributed by atoms with Crippen LogP contribution in [-0.2, 0) is 17.6 Å². The van der Waals surface area contributed by atoms with Crippen LogP contribution in [0, 0.1) is 11.7 Å². The Morgan fingerprint density at radius 2 is 2.12 bits per heavy atom. The lowest BCUT2D eigenvalue weighted by Gasteiger charge is -2.20. The molecule has 0 saturated heterocycles. The Balaban J connectivity index is 1.50. The first-order valence-electron chi connectivity index (χ1n) is 8.15. The van der Waals surface area contributed by atoms with E-state index in [1.54, 1.807) is 41.9 Å². The third kappa shape index (κ3) is 3.30. The van der Waals surface area contributed by atoms with Crippen LogP contribution in [0.2, 0.25) is 0 Å². The smallest absolute Gasteiger partial charge is 0.227 e. The molecule has 1 N–H and O–H groups in total. The molecule has 2 heterocycles. The highest BCUT2D eigenvalue weighted by Gasteiger charge is 2.28. The average molecular weight is 353 g/mol. The van der Waals surface area contributed by atoms with E-state index in [4.69, 9.17) is 4.98 Å². The molecular formula is C19H16FN3OS. The molecule has 4 nitrogen and oxygen atoms in total. The van der Waals surface area contributed by atoms with Crippen molar-refractivity contribution in [1.82, 2.24) is 9.97 Å². The van der Waals surface area contributed by atoms with Crippen molar-refractivity contribution in [3.8, 4) is 10.6 Å². The van der Waals surface area contributed by atoms with E-state index in [0.717, 1.165) is 34.0 Å². The molecule has 1 atom stereocenters. The number of hydrogen-bond donors (Lipinski definition) is 1. The van der Waals surface area contributed by atoms with Crippen LogP contribution < -0.4 is 5.32 Å². The first-order chi connectivity index (χ1) is 12.2. The zero-order valence-electron chi connectivity index (χ0n) is 13.4. The van der Waals surface area contributed by atoms with E-state index in [9.17, 15) is 9.18 Å². The van der Waals surface area contributed by atoms with Crippen molar-refractivity contribution in [2.45, 2.75) is 19.3 Å². The summed E-state index contributed by atoms with van der Waals surface area (Å²) in [6.45, 7) is 0. The van der Waals surface area contributed by atoms with Crippen molar-refractivity contribution in [2.75, 3.05) is 5.32 Å². The maximum atomic E-state index is 13.7. The number of anilines is 1. The molecule has 2 aromatic heterocycles. The molecule has 3 aromatic rings. The van der Waals surface area contributed by atoms with E-state index in [1.165, 1.54) is 6.07 Å². The quantitative estimate of drug-likeness (QED) is 0.772. The molecule has 6 heteroatoms. The van der Waals surface area contributed by atoms with E-state index < -0.39 is 5.82 Å². The summed E-state index contributed by atoms with van der Waals surface area (Å²) in [4.78, 5) is 22.5. The number of halogens is 1. The van der Waals surface area contributed by atoms with Crippen LogP contribution in [0.3, 0.4) is 0 Å². The van der Waals surface area contributed by atoms with Crippen LogP contribution >= 0.6 is 11.3 Å². The standard InChI is InChI=1S/C19H16FN3OS/c20-14-5-1-2-6-15(14)22-18(24)12-7-8-16-17(10-12)25-19(23-16)13-4-3-9-21-11-13/h1-6,9,11-12H,7-8,10H2,(H,22,24). The number of carbonyl (C=O) groups excluding carboxylic acids is 1. The first-order valence-corrected chi connectivity index (χ1v) is 8.97. The molecule has 25 heavy (non-hydrogen) atoms. The number of hydrogen-bond acceptors (Lipinski definition) is 4. The fourth-order valence-electron chi connectivity index (χ4n) is 3.01. The van der Waals surface area contributed by atoms with E-state index in [0.29, 0.717) is 6.42 Å². The van der Waals surface area contributed by atoms with Crippen molar-refractivity contribution in [1.29, 1.82) is 0 Å². The second kappa shape index (κ2) is 6.72. The minimum atomic E-state index is -0.413. The SMILES string of the molecule is O=C(Nc1ccccc1F)C1CCc2nc(-c3cccnc3)sc2C1. The Hall–Kier alpha value is -2.60. The summed E-state index contributed by atoms with van der Waals surface area (Å²) in [6.07, 6.45) is 5.67. The maximum absolute atomic E-state index is 13.7. The normalized spacial score (nSPS) is 16.3. The van der Waals surface area contributed by atoms with Crippen molar-refractivity contribution >= 4 is 22.9 Å². The summed E-state index contributed by atoms with van der Waals surface area (Å²) in [5, 5.41) is 3.65. The Morgan fingerprint density at radius 3 is 2.92 bits per heavy atom. The van der Waals surface area contributed by atoms with Crippen LogP contribution in [0.5, 0.6) is 0 Å². The van der Waals surface area contributed by atoms with Gasteiger partial charge in [0.2, 0.25) is 5.91 Å². The van der Waals surface area contributed by atoms with Gasteiger partial charge in [0.25, 0.3) is 0 Å². The Morgan fingerprint density at radius 1 is 1.24 bits per heavy atom. The minimum absolute atomic E-state index is 0.132. The Bertz CT molecular complexity index is 910. The van der Waals surface area contributed by atoms with Gasteiger partial charge in [-0.1, -0.05) is 12.1 Å². The van der Waals surface area contributed by atoms with Gasteiger partial charge >= 0.3 is 0 Å². The number of carbonyl (C=O) groups is 1. The number of amides is 1. The van der Waals surface area contributed by atoms with Crippen LogP contribution in [-0.4, -0.2) is 15.9 Å². The predicted octanol–water partition coefficient (Wildman–Crippen LogP) is 4.09. The number of nitrogens with one attached hydrogen (secondary N) is 1. The Labute approximate surface area is 148 Å². The summed E-state index contributed by atoms with van der Waals surface area (Å²) in [5.41, 5.74) is 2.30. The summed E-state index contributed by atoms with van der Waals surface area (Å²) < 4.78 is 13.7. The van der Waals surface area contributed by atoms with E-state index >= 15 is 0 Å². The number of benzene rings is 1. The number of rotatable bonds is 3. The second-order valence-corrected chi connectivity index (χ2v) is 7.12. The van der Waals surface area contributed by atoms with Crippen molar-refractivity contribution < 1.29 is 9.18 Å². The number of para-hydroxylation sites is 1. The minimum Gasteiger partial charge on any atom is -0.323 e. The summed E-state index contributed by atoms with van der Waals surface area (Å²) in [6, 6.07) is 10.1. The van der Waals surface area contributed by atoms with Gasteiger partial charge in [-0.15, -0.1) is 11.3 Å². The van der Waals surface area contributed by atoms with Gasteiger partial charge in [0.1, 0.15) is 10.8 Å². The van der Waals surface area contributed by atoms with E-state index in [-0.39, 0.29) is 17.5 Å². The molecule has 1 aromatic carbocycles. The van der Waals surface area contributed by atoms with Crippen molar-refractivity contribution in [3.05, 3.63) is 65.2 Å². The second-order valence-electron chi connectivity index (χ2n) is 6.04. The molecular weight excluding hydrogens is 337 g/mol. The fourth-order valence-corrected chi connectivity index (χ4v) is 4.19. The fraction of sp³-hybridized carbons (Fsp3) is 0.211. The predicted molar refractivity (Wildman–Crippen MR) is 95.9 cm³/mol. The number of pyridine rings is 1. The highest BCUT2D eigenvalue weighted by molar-refractivity contribution is 7.15. The summed E-state index contributed by atoms with van der Waals surface area (Å²) in [5.74, 6) is -0.703. The molecule has 1 aliphatic carbocycles. The van der Waals surface area contributed by atoms with Crippen LogP contribution in [0.1, 0.15) is 17.0 Å². The number of thiazole rings is 1.